The second-order valence-corrected chi connectivity index (χ2v) is 6.47. The fourth-order valence-corrected chi connectivity index (χ4v) is 2.68. The molecule has 0 saturated carbocycles. The third-order valence-corrected chi connectivity index (χ3v) is 4.27. The van der Waals surface area contributed by atoms with Gasteiger partial charge in [0.05, 0.1) is 5.60 Å². The Bertz CT molecular complexity index is 351. The molecule has 0 aliphatic rings. The molecule has 0 heterocycles. The minimum absolute atomic E-state index is 0.283. The predicted molar refractivity (Wildman–Crippen MR) is 102 cm³/mol. The third-order valence-electron chi connectivity index (χ3n) is 4.27. The Morgan fingerprint density at radius 3 is 1.54 bits per heavy atom. The highest BCUT2D eigenvalue weighted by Crippen LogP contribution is 2.32. The zero-order chi connectivity index (χ0) is 18.1. The van der Waals surface area contributed by atoms with Crippen LogP contribution in [-0.2, 0) is 5.60 Å². The van der Waals surface area contributed by atoms with E-state index >= 15 is 0 Å². The molecule has 24 heavy (non-hydrogen) atoms. The van der Waals surface area contributed by atoms with Crippen molar-refractivity contribution in [3.63, 3.8) is 0 Å². The van der Waals surface area contributed by atoms with E-state index in [-0.39, 0.29) is 13.2 Å². The van der Waals surface area contributed by atoms with E-state index in [4.69, 9.17) is 10.2 Å². The fourth-order valence-electron chi connectivity index (χ4n) is 2.68. The highest BCUT2D eigenvalue weighted by atomic mass is 16.3. The lowest BCUT2D eigenvalue weighted by Crippen LogP contribution is -2.25. The molecule has 0 aromatic heterocycles. The first-order valence-electron chi connectivity index (χ1n) is 9.64. The van der Waals surface area contributed by atoms with Crippen molar-refractivity contribution in [2.75, 3.05) is 13.2 Å². The van der Waals surface area contributed by atoms with Crippen molar-refractivity contribution < 1.29 is 15.3 Å². The molecule has 0 amide bonds. The van der Waals surface area contributed by atoms with E-state index in [0.29, 0.717) is 0 Å². The topological polar surface area (TPSA) is 60.7 Å². The lowest BCUT2D eigenvalue weighted by molar-refractivity contribution is 0.0141. The average Bonchev–Trinajstić information content (AvgIpc) is 2.63. The molecule has 0 unspecified atom stereocenters. The molecule has 0 bridgehead atoms. The second kappa shape index (κ2) is 15.6. The maximum absolute atomic E-state index is 10.7. The molecule has 1 rings (SSSR count). The van der Waals surface area contributed by atoms with Gasteiger partial charge in [0.1, 0.15) is 0 Å². The van der Waals surface area contributed by atoms with Crippen LogP contribution in [-0.4, -0.2) is 28.5 Å². The lowest BCUT2D eigenvalue weighted by atomic mass is 9.84. The van der Waals surface area contributed by atoms with Crippen LogP contribution in [0.15, 0.2) is 30.3 Å². The van der Waals surface area contributed by atoms with Crippen molar-refractivity contribution in [2.45, 2.75) is 83.7 Å². The van der Waals surface area contributed by atoms with Crippen molar-refractivity contribution in [3.05, 3.63) is 35.9 Å². The van der Waals surface area contributed by atoms with Crippen molar-refractivity contribution in [1.82, 2.24) is 0 Å². The number of hydrogen-bond donors (Lipinski definition) is 3. The Hall–Kier alpha value is -0.900. The molecule has 3 heteroatoms. The minimum atomic E-state index is -0.604. The maximum Gasteiger partial charge on any atom is 0.0896 e. The summed E-state index contributed by atoms with van der Waals surface area (Å²) < 4.78 is 0. The van der Waals surface area contributed by atoms with Gasteiger partial charge in [0.2, 0.25) is 0 Å². The molecule has 1 aromatic rings. The van der Waals surface area contributed by atoms with E-state index in [1.807, 2.05) is 30.3 Å². The van der Waals surface area contributed by atoms with Gasteiger partial charge in [0.15, 0.2) is 0 Å². The Labute approximate surface area is 148 Å². The molecule has 3 nitrogen and oxygen atoms in total. The van der Waals surface area contributed by atoms with Crippen molar-refractivity contribution >= 4 is 0 Å². The first-order valence-corrected chi connectivity index (χ1v) is 9.64. The summed E-state index contributed by atoms with van der Waals surface area (Å²) >= 11 is 0. The third kappa shape index (κ3) is 10.8. The second-order valence-electron chi connectivity index (χ2n) is 6.47. The molecule has 0 fully saturated rings. The average molecular weight is 339 g/mol. The van der Waals surface area contributed by atoms with Crippen LogP contribution in [0.2, 0.25) is 0 Å². The summed E-state index contributed by atoms with van der Waals surface area (Å²) in [5.74, 6) is 0. The zero-order valence-corrected chi connectivity index (χ0v) is 15.7. The van der Waals surface area contributed by atoms with E-state index in [2.05, 4.69) is 13.8 Å². The Morgan fingerprint density at radius 1 is 0.708 bits per heavy atom. The first-order chi connectivity index (χ1) is 11.6. The van der Waals surface area contributed by atoms with E-state index < -0.39 is 5.60 Å². The van der Waals surface area contributed by atoms with Gasteiger partial charge in [-0.05, 0) is 31.2 Å². The lowest BCUT2D eigenvalue weighted by Gasteiger charge is -2.28. The fraction of sp³-hybridized carbons (Fsp3) is 0.714. The molecule has 0 aliphatic heterocycles. The number of hydrogen-bond acceptors (Lipinski definition) is 3. The van der Waals surface area contributed by atoms with Gasteiger partial charge in [-0.2, -0.15) is 0 Å². The summed E-state index contributed by atoms with van der Waals surface area (Å²) in [7, 11) is 0. The molecule has 3 N–H and O–H groups in total. The SMILES string of the molecule is CCCCC(O)(CCCC)c1ccccc1.OCCCCCCO. The van der Waals surface area contributed by atoms with Crippen molar-refractivity contribution in [2.24, 2.45) is 0 Å². The summed E-state index contributed by atoms with van der Waals surface area (Å²) in [4.78, 5) is 0. The van der Waals surface area contributed by atoms with Crippen LogP contribution in [0, 0.1) is 0 Å². The van der Waals surface area contributed by atoms with Gasteiger partial charge in [-0.15, -0.1) is 0 Å². The van der Waals surface area contributed by atoms with Gasteiger partial charge in [-0.1, -0.05) is 82.7 Å². The van der Waals surface area contributed by atoms with E-state index in [0.717, 1.165) is 69.8 Å². The molecular weight excluding hydrogens is 300 g/mol. The standard InChI is InChI=1S/C15H24O.C6H14O2/c1-3-5-12-15(16,13-6-4-2)14-10-8-7-9-11-14;7-5-3-1-2-4-6-8/h7-11,16H,3-6,12-13H2,1-2H3;7-8H,1-6H2. The molecule has 0 spiro atoms. The molecule has 1 aromatic carbocycles. The van der Waals surface area contributed by atoms with Gasteiger partial charge < -0.3 is 15.3 Å². The molecule has 0 radical (unpaired) electrons. The van der Waals surface area contributed by atoms with E-state index in [1.54, 1.807) is 0 Å². The summed E-state index contributed by atoms with van der Waals surface area (Å²) in [5.41, 5.74) is 0.477. The minimum Gasteiger partial charge on any atom is -0.396 e. The number of aliphatic hydroxyl groups is 3. The van der Waals surface area contributed by atoms with Crippen LogP contribution in [0.4, 0.5) is 0 Å². The van der Waals surface area contributed by atoms with Gasteiger partial charge in [0.25, 0.3) is 0 Å². The first kappa shape index (κ1) is 23.1. The van der Waals surface area contributed by atoms with Crippen molar-refractivity contribution in [3.8, 4) is 0 Å². The molecule has 0 saturated heterocycles. The predicted octanol–water partition coefficient (Wildman–Crippen LogP) is 4.79. The summed E-state index contributed by atoms with van der Waals surface area (Å²) in [6.45, 7) is 4.91. The van der Waals surface area contributed by atoms with Crippen LogP contribution >= 0.6 is 0 Å². The smallest absolute Gasteiger partial charge is 0.0896 e. The van der Waals surface area contributed by atoms with Gasteiger partial charge in [-0.3, -0.25) is 0 Å². The number of rotatable bonds is 12. The number of aliphatic hydroxyl groups excluding tert-OH is 2. The molecule has 0 aliphatic carbocycles. The van der Waals surface area contributed by atoms with Crippen LogP contribution in [0.1, 0.15) is 83.6 Å². The zero-order valence-electron chi connectivity index (χ0n) is 15.7. The summed E-state index contributed by atoms with van der Waals surface area (Å²) in [6, 6.07) is 10.1. The Kier molecular flexibility index (Phi) is 15.0. The highest BCUT2D eigenvalue weighted by Gasteiger charge is 2.27. The Balaban J connectivity index is 0.000000561. The molecule has 140 valence electrons. The largest absolute Gasteiger partial charge is 0.396 e. The van der Waals surface area contributed by atoms with Crippen LogP contribution in [0.5, 0.6) is 0 Å². The highest BCUT2D eigenvalue weighted by molar-refractivity contribution is 5.22. The number of benzene rings is 1. The van der Waals surface area contributed by atoms with E-state index in [1.165, 1.54) is 0 Å². The quantitative estimate of drug-likeness (QED) is 0.480. The monoisotopic (exact) mass is 338 g/mol. The van der Waals surface area contributed by atoms with E-state index in [9.17, 15) is 5.11 Å². The van der Waals surface area contributed by atoms with Gasteiger partial charge in [-0.25, -0.2) is 0 Å². The summed E-state index contributed by atoms with van der Waals surface area (Å²) in [5, 5.41) is 27.4. The maximum atomic E-state index is 10.7. The van der Waals surface area contributed by atoms with Crippen LogP contribution < -0.4 is 0 Å². The van der Waals surface area contributed by atoms with Gasteiger partial charge >= 0.3 is 0 Å². The molecule has 0 atom stereocenters. The van der Waals surface area contributed by atoms with Crippen molar-refractivity contribution in [1.29, 1.82) is 0 Å². The van der Waals surface area contributed by atoms with Crippen LogP contribution in [0.25, 0.3) is 0 Å². The normalized spacial score (nSPS) is 11.0. The van der Waals surface area contributed by atoms with Crippen LogP contribution in [0.3, 0.4) is 0 Å². The molecular formula is C21H38O3. The van der Waals surface area contributed by atoms with Gasteiger partial charge in [0, 0.05) is 13.2 Å². The summed E-state index contributed by atoms with van der Waals surface area (Å²) in [6.07, 6.45) is 10.1. The number of unbranched alkanes of at least 4 members (excludes halogenated alkanes) is 5. The Morgan fingerprint density at radius 2 is 1.17 bits per heavy atom.